The van der Waals surface area contributed by atoms with Crippen LogP contribution in [0.4, 0.5) is 0 Å². The lowest BCUT2D eigenvalue weighted by Crippen LogP contribution is -2.32. The highest BCUT2D eigenvalue weighted by Crippen LogP contribution is 2.36. The van der Waals surface area contributed by atoms with Crippen LogP contribution in [0.25, 0.3) is 0 Å². The normalized spacial score (nSPS) is 15.8. The molecular formula is C14H18N2O2S3. The van der Waals surface area contributed by atoms with Gasteiger partial charge in [0.2, 0.25) is 10.0 Å². The highest BCUT2D eigenvalue weighted by atomic mass is 32.2. The minimum atomic E-state index is -3.44. The Hall–Kier alpha value is -0.730. The minimum absolute atomic E-state index is 0.151. The topological polar surface area (TPSA) is 63.4 Å². The van der Waals surface area contributed by atoms with Crippen LogP contribution in [0.15, 0.2) is 28.5 Å². The van der Waals surface area contributed by atoms with Gasteiger partial charge in [-0.3, -0.25) is 0 Å². The Morgan fingerprint density at radius 3 is 2.67 bits per heavy atom. The van der Waals surface area contributed by atoms with E-state index in [1.54, 1.807) is 21.7 Å². The number of hydrogen-bond donors (Lipinski definition) is 1. The van der Waals surface area contributed by atoms with Gasteiger partial charge in [-0.25, -0.2) is 8.42 Å². The number of thiophene rings is 2. The zero-order valence-corrected chi connectivity index (χ0v) is 14.2. The molecule has 0 amide bonds. The summed E-state index contributed by atoms with van der Waals surface area (Å²) in [7, 11) is -3.44. The van der Waals surface area contributed by atoms with E-state index in [4.69, 9.17) is 5.73 Å². The Labute approximate surface area is 133 Å². The van der Waals surface area contributed by atoms with Crippen LogP contribution in [0.3, 0.4) is 0 Å². The van der Waals surface area contributed by atoms with Gasteiger partial charge in [0.1, 0.15) is 0 Å². The first-order valence-corrected chi connectivity index (χ1v) is 9.99. The molecule has 1 aliphatic carbocycles. The van der Waals surface area contributed by atoms with Gasteiger partial charge in [0.05, 0.1) is 4.90 Å². The van der Waals surface area contributed by atoms with Gasteiger partial charge in [-0.15, -0.1) is 22.7 Å². The van der Waals surface area contributed by atoms with Crippen LogP contribution in [0, 0.1) is 6.92 Å². The molecule has 0 saturated heterocycles. The van der Waals surface area contributed by atoms with E-state index in [0.717, 1.165) is 27.5 Å². The molecule has 0 unspecified atom stereocenters. The smallest absolute Gasteiger partial charge is 0.244 e. The fourth-order valence-electron chi connectivity index (χ4n) is 2.34. The molecule has 0 spiro atoms. The van der Waals surface area contributed by atoms with Crippen molar-refractivity contribution in [1.29, 1.82) is 0 Å². The van der Waals surface area contributed by atoms with Crippen LogP contribution in [-0.2, 0) is 23.1 Å². The predicted molar refractivity (Wildman–Crippen MR) is 87.0 cm³/mol. The summed E-state index contributed by atoms with van der Waals surface area (Å²) in [6.07, 6.45) is 1.91. The van der Waals surface area contributed by atoms with E-state index in [0.29, 0.717) is 18.0 Å². The Balaban J connectivity index is 1.95. The Morgan fingerprint density at radius 1 is 1.38 bits per heavy atom. The van der Waals surface area contributed by atoms with Crippen molar-refractivity contribution >= 4 is 32.7 Å². The first-order chi connectivity index (χ1) is 10.0. The quantitative estimate of drug-likeness (QED) is 0.878. The van der Waals surface area contributed by atoms with E-state index in [2.05, 4.69) is 0 Å². The largest absolute Gasteiger partial charge is 0.326 e. The number of sulfonamides is 1. The van der Waals surface area contributed by atoms with Crippen molar-refractivity contribution in [3.05, 3.63) is 38.2 Å². The number of nitrogens with zero attached hydrogens (tertiary/aromatic N) is 1. The number of rotatable bonds is 6. The molecule has 21 heavy (non-hydrogen) atoms. The van der Waals surface area contributed by atoms with Crippen molar-refractivity contribution in [1.82, 2.24) is 4.31 Å². The highest BCUT2D eigenvalue weighted by molar-refractivity contribution is 7.89. The van der Waals surface area contributed by atoms with Gasteiger partial charge in [0.15, 0.2) is 0 Å². The lowest BCUT2D eigenvalue weighted by atomic mass is 10.4. The molecule has 0 bridgehead atoms. The van der Waals surface area contributed by atoms with Crippen LogP contribution >= 0.6 is 22.7 Å². The van der Waals surface area contributed by atoms with E-state index in [1.165, 1.54) is 11.3 Å². The first kappa shape index (κ1) is 15.2. The van der Waals surface area contributed by atoms with E-state index >= 15 is 0 Å². The molecule has 0 radical (unpaired) electrons. The summed E-state index contributed by atoms with van der Waals surface area (Å²) in [4.78, 5) is 3.25. The van der Waals surface area contributed by atoms with Crippen molar-refractivity contribution in [2.45, 2.75) is 43.8 Å². The molecule has 7 heteroatoms. The van der Waals surface area contributed by atoms with E-state index in [-0.39, 0.29) is 6.04 Å². The number of nitrogens with two attached hydrogens (primary N) is 1. The summed E-state index contributed by atoms with van der Waals surface area (Å²) in [6.45, 7) is 2.71. The van der Waals surface area contributed by atoms with Crippen LogP contribution in [-0.4, -0.2) is 18.8 Å². The maximum absolute atomic E-state index is 13.0. The van der Waals surface area contributed by atoms with Gasteiger partial charge in [0.25, 0.3) is 0 Å². The summed E-state index contributed by atoms with van der Waals surface area (Å²) in [5.74, 6) is 0. The van der Waals surface area contributed by atoms with Gasteiger partial charge in [-0.05, 0) is 37.3 Å². The molecule has 0 atom stereocenters. The van der Waals surface area contributed by atoms with Crippen molar-refractivity contribution in [2.24, 2.45) is 5.73 Å². The highest BCUT2D eigenvalue weighted by Gasteiger charge is 2.39. The summed E-state index contributed by atoms with van der Waals surface area (Å²) in [5.41, 5.74) is 5.64. The predicted octanol–water partition coefficient (Wildman–Crippen LogP) is 2.93. The molecular weight excluding hydrogens is 324 g/mol. The Morgan fingerprint density at radius 2 is 2.14 bits per heavy atom. The minimum Gasteiger partial charge on any atom is -0.326 e. The second-order valence-electron chi connectivity index (χ2n) is 5.20. The van der Waals surface area contributed by atoms with E-state index < -0.39 is 10.0 Å². The van der Waals surface area contributed by atoms with Crippen LogP contribution in [0.2, 0.25) is 0 Å². The molecule has 0 aromatic carbocycles. The third kappa shape index (κ3) is 3.07. The maximum Gasteiger partial charge on any atom is 0.244 e. The Kier molecular flexibility index (Phi) is 4.20. The van der Waals surface area contributed by atoms with Crippen LogP contribution in [0.5, 0.6) is 0 Å². The molecule has 3 rings (SSSR count). The number of hydrogen-bond acceptors (Lipinski definition) is 5. The van der Waals surface area contributed by atoms with Gasteiger partial charge >= 0.3 is 0 Å². The van der Waals surface area contributed by atoms with Gasteiger partial charge in [-0.2, -0.15) is 4.31 Å². The summed E-state index contributed by atoms with van der Waals surface area (Å²) in [5, 5.41) is 1.98. The molecule has 4 nitrogen and oxygen atoms in total. The molecule has 1 saturated carbocycles. The van der Waals surface area contributed by atoms with E-state index in [1.807, 2.05) is 24.4 Å². The lowest BCUT2D eigenvalue weighted by molar-refractivity contribution is 0.401. The van der Waals surface area contributed by atoms with Crippen LogP contribution < -0.4 is 5.73 Å². The second-order valence-corrected chi connectivity index (χ2v) is 9.43. The molecule has 2 heterocycles. The zero-order valence-electron chi connectivity index (χ0n) is 11.8. The molecule has 2 aromatic heterocycles. The second kappa shape index (κ2) is 5.81. The molecule has 2 N–H and O–H groups in total. The van der Waals surface area contributed by atoms with Crippen molar-refractivity contribution in [3.8, 4) is 0 Å². The van der Waals surface area contributed by atoms with Gasteiger partial charge in [0, 0.05) is 33.8 Å². The zero-order chi connectivity index (χ0) is 15.0. The van der Waals surface area contributed by atoms with Crippen molar-refractivity contribution in [2.75, 3.05) is 0 Å². The summed E-state index contributed by atoms with van der Waals surface area (Å²) in [6, 6.07) is 5.83. The summed E-state index contributed by atoms with van der Waals surface area (Å²) < 4.78 is 27.6. The van der Waals surface area contributed by atoms with Crippen molar-refractivity contribution < 1.29 is 8.42 Å². The first-order valence-electron chi connectivity index (χ1n) is 6.86. The van der Waals surface area contributed by atoms with E-state index in [9.17, 15) is 8.42 Å². The standard InChI is InChI=1S/C14H18N2O2S3/c1-10-14(7-13(8-15)20-10)21(17,18)16(11-4-5-11)9-12-3-2-6-19-12/h2-3,6-7,11H,4-5,8-9,15H2,1H3. The maximum atomic E-state index is 13.0. The van der Waals surface area contributed by atoms with Crippen molar-refractivity contribution in [3.63, 3.8) is 0 Å². The van der Waals surface area contributed by atoms with Gasteiger partial charge in [-0.1, -0.05) is 6.07 Å². The fraction of sp³-hybridized carbons (Fsp3) is 0.429. The molecule has 1 fully saturated rings. The fourth-order valence-corrected chi connectivity index (χ4v) is 6.27. The molecule has 0 aliphatic heterocycles. The molecule has 2 aromatic rings. The average Bonchev–Trinajstić information content (AvgIpc) is 2.99. The SMILES string of the molecule is Cc1sc(CN)cc1S(=O)(=O)N(Cc1cccs1)C1CC1. The monoisotopic (exact) mass is 342 g/mol. The Bertz CT molecular complexity index is 715. The van der Waals surface area contributed by atoms with Gasteiger partial charge < -0.3 is 5.73 Å². The average molecular weight is 343 g/mol. The van der Waals surface area contributed by atoms with Crippen LogP contribution in [0.1, 0.15) is 27.5 Å². The third-order valence-corrected chi connectivity index (χ3v) is 7.64. The summed E-state index contributed by atoms with van der Waals surface area (Å²) >= 11 is 3.07. The molecule has 114 valence electrons. The lowest BCUT2D eigenvalue weighted by Gasteiger charge is -2.21. The molecule has 1 aliphatic rings. The number of aryl methyl sites for hydroxylation is 1. The third-order valence-electron chi connectivity index (χ3n) is 3.56.